The van der Waals surface area contributed by atoms with Gasteiger partial charge >= 0.3 is 0 Å². The molecule has 0 spiro atoms. The number of carbonyl (C=O) groups is 1. The summed E-state index contributed by atoms with van der Waals surface area (Å²) in [4.78, 5) is 19.0. The first-order valence-corrected chi connectivity index (χ1v) is 11.3. The Labute approximate surface area is 186 Å². The first kappa shape index (κ1) is 24.8. The molecule has 0 bridgehead atoms. The van der Waals surface area contributed by atoms with E-state index in [2.05, 4.69) is 44.9 Å². The van der Waals surface area contributed by atoms with Gasteiger partial charge in [0.15, 0.2) is 5.96 Å². The van der Waals surface area contributed by atoms with Crippen molar-refractivity contribution >= 4 is 11.9 Å². The molecule has 1 saturated heterocycles. The highest BCUT2D eigenvalue weighted by Gasteiger charge is 2.23. The molecule has 0 aromatic heterocycles. The van der Waals surface area contributed by atoms with Crippen LogP contribution >= 0.6 is 0 Å². The van der Waals surface area contributed by atoms with Crippen LogP contribution in [0.4, 0.5) is 0 Å². The molecule has 2 atom stereocenters. The number of carbonyl (C=O) groups excluding carboxylic acids is 1. The van der Waals surface area contributed by atoms with Crippen molar-refractivity contribution in [3.8, 4) is 11.5 Å². The van der Waals surface area contributed by atoms with E-state index in [9.17, 15) is 4.79 Å². The number of ether oxygens (including phenoxy) is 2. The number of amides is 1. The van der Waals surface area contributed by atoms with Gasteiger partial charge in [0.05, 0.1) is 20.8 Å². The lowest BCUT2D eigenvalue weighted by molar-refractivity contribution is -0.121. The number of hydrogen-bond donors (Lipinski definition) is 3. The van der Waals surface area contributed by atoms with E-state index in [1.807, 2.05) is 19.9 Å². The van der Waals surface area contributed by atoms with E-state index in [1.165, 1.54) is 5.56 Å². The molecule has 8 heteroatoms. The van der Waals surface area contributed by atoms with Crippen molar-refractivity contribution < 1.29 is 14.3 Å². The molecule has 1 aromatic carbocycles. The van der Waals surface area contributed by atoms with Gasteiger partial charge in [-0.2, -0.15) is 0 Å². The average molecular weight is 434 g/mol. The van der Waals surface area contributed by atoms with Crippen LogP contribution in [0.2, 0.25) is 0 Å². The second-order valence-electron chi connectivity index (χ2n) is 7.97. The van der Waals surface area contributed by atoms with E-state index in [1.54, 1.807) is 14.2 Å². The van der Waals surface area contributed by atoms with Crippen LogP contribution in [-0.4, -0.2) is 69.2 Å². The number of aliphatic imine (C=N–C) groups is 1. The molecule has 1 aliphatic rings. The van der Waals surface area contributed by atoms with Crippen molar-refractivity contribution in [2.24, 2.45) is 4.99 Å². The Morgan fingerprint density at radius 2 is 1.94 bits per heavy atom. The summed E-state index contributed by atoms with van der Waals surface area (Å²) in [5, 5.41) is 9.79. The molecule has 1 fully saturated rings. The molecule has 2 unspecified atom stereocenters. The Hall–Kier alpha value is -2.48. The van der Waals surface area contributed by atoms with Gasteiger partial charge in [-0.25, -0.2) is 0 Å². The fraction of sp³-hybridized carbons (Fsp3) is 0.652. The molecule has 1 aromatic rings. The molecule has 8 nitrogen and oxygen atoms in total. The Morgan fingerprint density at radius 1 is 1.23 bits per heavy atom. The third kappa shape index (κ3) is 8.65. The topological polar surface area (TPSA) is 87.2 Å². The van der Waals surface area contributed by atoms with Gasteiger partial charge in [0.1, 0.15) is 11.5 Å². The van der Waals surface area contributed by atoms with Gasteiger partial charge in [-0.1, -0.05) is 6.92 Å². The van der Waals surface area contributed by atoms with E-state index in [-0.39, 0.29) is 11.9 Å². The van der Waals surface area contributed by atoms with Gasteiger partial charge in [0.2, 0.25) is 5.91 Å². The minimum absolute atomic E-state index is 0.0507. The van der Waals surface area contributed by atoms with E-state index < -0.39 is 0 Å². The summed E-state index contributed by atoms with van der Waals surface area (Å²) in [7, 11) is 3.34. The van der Waals surface area contributed by atoms with Crippen molar-refractivity contribution in [2.75, 3.05) is 40.4 Å². The molecule has 0 saturated carbocycles. The summed E-state index contributed by atoms with van der Waals surface area (Å²) in [6, 6.07) is 6.52. The second kappa shape index (κ2) is 13.0. The van der Waals surface area contributed by atoms with E-state index >= 15 is 0 Å². The number of guanidine groups is 1. The minimum atomic E-state index is 0.0507. The van der Waals surface area contributed by atoms with Gasteiger partial charge in [0, 0.05) is 50.7 Å². The lowest BCUT2D eigenvalue weighted by Crippen LogP contribution is -2.44. The van der Waals surface area contributed by atoms with Gasteiger partial charge < -0.3 is 25.4 Å². The Bertz CT molecular complexity index is 703. The first-order chi connectivity index (χ1) is 15.0. The number of nitrogens with one attached hydrogen (secondary N) is 3. The molecular weight excluding hydrogens is 394 g/mol. The fourth-order valence-corrected chi connectivity index (χ4v) is 3.54. The molecule has 31 heavy (non-hydrogen) atoms. The number of rotatable bonds is 11. The predicted molar refractivity (Wildman–Crippen MR) is 125 cm³/mol. The maximum Gasteiger partial charge on any atom is 0.222 e. The molecule has 1 amide bonds. The van der Waals surface area contributed by atoms with Crippen LogP contribution < -0.4 is 25.4 Å². The summed E-state index contributed by atoms with van der Waals surface area (Å²) in [5.41, 5.74) is 1.17. The Kier molecular flexibility index (Phi) is 10.4. The summed E-state index contributed by atoms with van der Waals surface area (Å²) in [5.74, 6) is 2.44. The molecule has 3 N–H and O–H groups in total. The third-order valence-corrected chi connectivity index (χ3v) is 5.40. The van der Waals surface area contributed by atoms with E-state index in [0.29, 0.717) is 19.0 Å². The standard InChI is InChI=1S/C23H39N5O3/c1-6-17(3)26-22(29)8-10-25-23(24-7-2)27-19-9-11-28(16-19)15-18-12-20(30-4)14-21(13-18)31-5/h12-14,17,19H,6-11,15-16H2,1-5H3,(H,26,29)(H2,24,25,27). The Morgan fingerprint density at radius 3 is 2.55 bits per heavy atom. The van der Waals surface area contributed by atoms with Crippen LogP contribution in [0.5, 0.6) is 11.5 Å². The van der Waals surface area contributed by atoms with Crippen molar-refractivity contribution in [3.05, 3.63) is 23.8 Å². The zero-order valence-electron chi connectivity index (χ0n) is 19.7. The highest BCUT2D eigenvalue weighted by molar-refractivity contribution is 5.81. The SMILES string of the molecule is CCNC(=NCCC(=O)NC(C)CC)NC1CCN(Cc2cc(OC)cc(OC)c2)C1. The monoisotopic (exact) mass is 433 g/mol. The molecule has 1 heterocycles. The number of benzene rings is 1. The summed E-state index contributed by atoms with van der Waals surface area (Å²) in [6.45, 7) is 10.2. The van der Waals surface area contributed by atoms with Crippen molar-refractivity contribution in [1.82, 2.24) is 20.9 Å². The number of likely N-dealkylation sites (tertiary alicyclic amines) is 1. The normalized spacial score (nSPS) is 17.8. The van der Waals surface area contributed by atoms with E-state index in [4.69, 9.17) is 9.47 Å². The number of hydrogen-bond acceptors (Lipinski definition) is 5. The minimum Gasteiger partial charge on any atom is -0.497 e. The highest BCUT2D eigenvalue weighted by atomic mass is 16.5. The summed E-state index contributed by atoms with van der Waals surface area (Å²) < 4.78 is 10.8. The van der Waals surface area contributed by atoms with Gasteiger partial charge in [0.25, 0.3) is 0 Å². The number of methoxy groups -OCH3 is 2. The van der Waals surface area contributed by atoms with Crippen LogP contribution in [0.15, 0.2) is 23.2 Å². The van der Waals surface area contributed by atoms with Crippen molar-refractivity contribution in [1.29, 1.82) is 0 Å². The van der Waals surface area contributed by atoms with Crippen LogP contribution in [0.3, 0.4) is 0 Å². The zero-order chi connectivity index (χ0) is 22.6. The zero-order valence-corrected chi connectivity index (χ0v) is 19.7. The summed E-state index contributed by atoms with van der Waals surface area (Å²) >= 11 is 0. The smallest absolute Gasteiger partial charge is 0.222 e. The van der Waals surface area contributed by atoms with Crippen LogP contribution in [-0.2, 0) is 11.3 Å². The third-order valence-electron chi connectivity index (χ3n) is 5.40. The highest BCUT2D eigenvalue weighted by Crippen LogP contribution is 2.24. The van der Waals surface area contributed by atoms with Crippen LogP contribution in [0, 0.1) is 0 Å². The maximum absolute atomic E-state index is 12.0. The molecule has 0 radical (unpaired) electrons. The average Bonchev–Trinajstić information content (AvgIpc) is 3.19. The van der Waals surface area contributed by atoms with Crippen molar-refractivity contribution in [3.63, 3.8) is 0 Å². The van der Waals surface area contributed by atoms with Gasteiger partial charge in [-0.15, -0.1) is 0 Å². The van der Waals surface area contributed by atoms with Crippen LogP contribution in [0.25, 0.3) is 0 Å². The second-order valence-corrected chi connectivity index (χ2v) is 7.97. The largest absolute Gasteiger partial charge is 0.497 e. The predicted octanol–water partition coefficient (Wildman–Crippen LogP) is 2.14. The van der Waals surface area contributed by atoms with Gasteiger partial charge in [-0.3, -0.25) is 14.7 Å². The molecular formula is C23H39N5O3. The number of nitrogens with zero attached hydrogens (tertiary/aromatic N) is 2. The molecule has 2 rings (SSSR count). The first-order valence-electron chi connectivity index (χ1n) is 11.3. The molecule has 1 aliphatic heterocycles. The van der Waals surface area contributed by atoms with Gasteiger partial charge in [-0.05, 0) is 44.4 Å². The maximum atomic E-state index is 12.0. The fourth-order valence-electron chi connectivity index (χ4n) is 3.54. The summed E-state index contributed by atoms with van der Waals surface area (Å²) in [6.07, 6.45) is 2.37. The Balaban J connectivity index is 1.85. The van der Waals surface area contributed by atoms with E-state index in [0.717, 1.165) is 56.5 Å². The lowest BCUT2D eigenvalue weighted by Gasteiger charge is -2.19. The molecule has 0 aliphatic carbocycles. The lowest BCUT2D eigenvalue weighted by atomic mass is 10.2. The van der Waals surface area contributed by atoms with Crippen LogP contribution in [0.1, 0.15) is 45.6 Å². The quantitative estimate of drug-likeness (QED) is 0.366. The van der Waals surface area contributed by atoms with Crippen molar-refractivity contribution in [2.45, 2.75) is 58.7 Å². The molecule has 174 valence electrons.